The van der Waals surface area contributed by atoms with E-state index in [1.165, 1.54) is 13.2 Å². The lowest BCUT2D eigenvalue weighted by molar-refractivity contribution is -0.140. The number of fused-ring (bicyclic) bond motifs is 1. The van der Waals surface area contributed by atoms with Crippen molar-refractivity contribution in [2.45, 2.75) is 19.8 Å². The minimum Gasteiger partial charge on any atom is -0.469 e. The molecule has 3 nitrogen and oxygen atoms in total. The number of benzene rings is 1. The number of pyridine rings is 1. The fourth-order valence-corrected chi connectivity index (χ4v) is 1.84. The van der Waals surface area contributed by atoms with Crippen LogP contribution in [0.15, 0.2) is 24.3 Å². The first-order chi connectivity index (χ1) is 8.60. The molecule has 0 aliphatic heterocycles. The Kier molecular flexibility index (Phi) is 3.55. The highest BCUT2D eigenvalue weighted by molar-refractivity contribution is 5.80. The predicted octanol–water partition coefficient (Wildman–Crippen LogP) is 2.79. The maximum atomic E-state index is 13.9. The van der Waals surface area contributed by atoms with E-state index in [1.54, 1.807) is 0 Å². The average molecular weight is 247 g/mol. The third-order valence-electron chi connectivity index (χ3n) is 2.79. The molecule has 2 rings (SSSR count). The molecule has 2 aromatic rings. The minimum atomic E-state index is -0.351. The fraction of sp³-hybridized carbons (Fsp3) is 0.286. The SMILES string of the molecule is COC(=O)CCc1cc(F)c2nc(C)ccc2c1. The predicted molar refractivity (Wildman–Crippen MR) is 66.8 cm³/mol. The Morgan fingerprint density at radius 1 is 1.39 bits per heavy atom. The zero-order chi connectivity index (χ0) is 13.1. The zero-order valence-electron chi connectivity index (χ0n) is 10.4. The van der Waals surface area contributed by atoms with Gasteiger partial charge < -0.3 is 4.74 Å². The van der Waals surface area contributed by atoms with Gasteiger partial charge in [0.1, 0.15) is 11.3 Å². The second kappa shape index (κ2) is 5.12. The summed E-state index contributed by atoms with van der Waals surface area (Å²) in [5.74, 6) is -0.645. The van der Waals surface area contributed by atoms with Crippen LogP contribution in [-0.2, 0) is 16.0 Å². The summed E-state index contributed by atoms with van der Waals surface area (Å²) in [7, 11) is 1.34. The van der Waals surface area contributed by atoms with Crippen LogP contribution in [0.25, 0.3) is 10.9 Å². The summed E-state index contributed by atoms with van der Waals surface area (Å²) in [4.78, 5) is 15.2. The number of aromatic nitrogens is 1. The summed E-state index contributed by atoms with van der Waals surface area (Å²) in [5.41, 5.74) is 1.93. The Bertz CT molecular complexity index is 596. The van der Waals surface area contributed by atoms with Crippen molar-refractivity contribution in [2.24, 2.45) is 0 Å². The van der Waals surface area contributed by atoms with Gasteiger partial charge in [0.2, 0.25) is 0 Å². The molecule has 0 aliphatic carbocycles. The molecule has 0 saturated heterocycles. The van der Waals surface area contributed by atoms with Gasteiger partial charge in [-0.1, -0.05) is 6.07 Å². The fourth-order valence-electron chi connectivity index (χ4n) is 1.84. The smallest absolute Gasteiger partial charge is 0.305 e. The molecule has 0 aliphatic rings. The number of nitrogens with zero attached hydrogens (tertiary/aromatic N) is 1. The minimum absolute atomic E-state index is 0.251. The van der Waals surface area contributed by atoms with E-state index < -0.39 is 0 Å². The highest BCUT2D eigenvalue weighted by atomic mass is 19.1. The van der Waals surface area contributed by atoms with Crippen molar-refractivity contribution >= 4 is 16.9 Å². The first kappa shape index (κ1) is 12.5. The van der Waals surface area contributed by atoms with Gasteiger partial charge in [0.05, 0.1) is 7.11 Å². The molecule has 4 heteroatoms. The third kappa shape index (κ3) is 2.64. The van der Waals surface area contributed by atoms with E-state index in [9.17, 15) is 9.18 Å². The van der Waals surface area contributed by atoms with Gasteiger partial charge in [-0.25, -0.2) is 4.39 Å². The molecule has 0 saturated carbocycles. The van der Waals surface area contributed by atoms with Crippen molar-refractivity contribution in [1.82, 2.24) is 4.98 Å². The van der Waals surface area contributed by atoms with Crippen LogP contribution >= 0.6 is 0 Å². The van der Waals surface area contributed by atoms with E-state index in [2.05, 4.69) is 9.72 Å². The van der Waals surface area contributed by atoms with Crippen molar-refractivity contribution in [1.29, 1.82) is 0 Å². The lowest BCUT2D eigenvalue weighted by Crippen LogP contribution is -2.02. The van der Waals surface area contributed by atoms with E-state index in [0.29, 0.717) is 11.9 Å². The second-order valence-corrected chi connectivity index (χ2v) is 4.18. The number of hydrogen-bond acceptors (Lipinski definition) is 3. The first-order valence-corrected chi connectivity index (χ1v) is 5.73. The molecule has 18 heavy (non-hydrogen) atoms. The summed E-state index contributed by atoms with van der Waals surface area (Å²) in [5, 5.41) is 0.750. The lowest BCUT2D eigenvalue weighted by atomic mass is 10.1. The van der Waals surface area contributed by atoms with E-state index in [4.69, 9.17) is 0 Å². The van der Waals surface area contributed by atoms with Crippen LogP contribution in [-0.4, -0.2) is 18.1 Å². The highest BCUT2D eigenvalue weighted by Gasteiger charge is 2.07. The lowest BCUT2D eigenvalue weighted by Gasteiger charge is -2.05. The van der Waals surface area contributed by atoms with Crippen molar-refractivity contribution < 1.29 is 13.9 Å². The van der Waals surface area contributed by atoms with E-state index in [0.717, 1.165) is 16.6 Å². The Morgan fingerprint density at radius 2 is 2.17 bits per heavy atom. The van der Waals surface area contributed by atoms with Crippen LogP contribution in [0.3, 0.4) is 0 Å². The first-order valence-electron chi connectivity index (χ1n) is 5.73. The summed E-state index contributed by atoms with van der Waals surface area (Å²) < 4.78 is 18.4. The molecular weight excluding hydrogens is 233 g/mol. The average Bonchev–Trinajstić information content (AvgIpc) is 2.37. The number of hydrogen-bond donors (Lipinski definition) is 0. The molecule has 0 atom stereocenters. The number of esters is 1. The van der Waals surface area contributed by atoms with E-state index >= 15 is 0 Å². The van der Waals surface area contributed by atoms with Crippen LogP contribution in [0.5, 0.6) is 0 Å². The Hall–Kier alpha value is -1.97. The van der Waals surface area contributed by atoms with Crippen LogP contribution < -0.4 is 0 Å². The zero-order valence-corrected chi connectivity index (χ0v) is 10.4. The molecule has 0 amide bonds. The molecule has 1 aromatic carbocycles. The van der Waals surface area contributed by atoms with Crippen LogP contribution in [0, 0.1) is 12.7 Å². The Labute approximate surface area is 105 Å². The maximum Gasteiger partial charge on any atom is 0.305 e. The molecule has 1 aromatic heterocycles. The quantitative estimate of drug-likeness (QED) is 0.783. The topological polar surface area (TPSA) is 39.2 Å². The number of halogens is 1. The largest absolute Gasteiger partial charge is 0.469 e. The summed E-state index contributed by atoms with van der Waals surface area (Å²) in [6, 6.07) is 6.96. The highest BCUT2D eigenvalue weighted by Crippen LogP contribution is 2.19. The van der Waals surface area contributed by atoms with Gasteiger partial charge in [-0.15, -0.1) is 0 Å². The normalized spacial score (nSPS) is 10.6. The molecule has 0 spiro atoms. The van der Waals surface area contributed by atoms with Crippen molar-refractivity contribution in [3.8, 4) is 0 Å². The van der Waals surface area contributed by atoms with Gasteiger partial charge in [-0.05, 0) is 37.1 Å². The molecule has 94 valence electrons. The van der Waals surface area contributed by atoms with Crippen molar-refractivity contribution in [3.63, 3.8) is 0 Å². The van der Waals surface area contributed by atoms with Gasteiger partial charge in [0.25, 0.3) is 0 Å². The molecule has 0 bridgehead atoms. The Morgan fingerprint density at radius 3 is 2.89 bits per heavy atom. The summed E-state index contributed by atoms with van der Waals surface area (Å²) in [6.45, 7) is 1.82. The van der Waals surface area contributed by atoms with Gasteiger partial charge in [-0.2, -0.15) is 0 Å². The van der Waals surface area contributed by atoms with Gasteiger partial charge in [0, 0.05) is 17.5 Å². The molecule has 0 N–H and O–H groups in total. The number of ether oxygens (including phenoxy) is 1. The number of carbonyl (C=O) groups is 1. The molecular formula is C14H14FNO2. The molecule has 1 heterocycles. The number of carbonyl (C=O) groups excluding carboxylic acids is 1. The van der Waals surface area contributed by atoms with Crippen LogP contribution in [0.2, 0.25) is 0 Å². The third-order valence-corrected chi connectivity index (χ3v) is 2.79. The van der Waals surface area contributed by atoms with E-state index in [1.807, 2.05) is 25.1 Å². The van der Waals surface area contributed by atoms with Gasteiger partial charge in [-0.3, -0.25) is 9.78 Å². The second-order valence-electron chi connectivity index (χ2n) is 4.18. The monoisotopic (exact) mass is 247 g/mol. The number of methoxy groups -OCH3 is 1. The van der Waals surface area contributed by atoms with E-state index in [-0.39, 0.29) is 18.2 Å². The van der Waals surface area contributed by atoms with Crippen molar-refractivity contribution in [2.75, 3.05) is 7.11 Å². The van der Waals surface area contributed by atoms with Gasteiger partial charge in [0.15, 0.2) is 0 Å². The van der Waals surface area contributed by atoms with Crippen molar-refractivity contribution in [3.05, 3.63) is 41.3 Å². The maximum absolute atomic E-state index is 13.9. The van der Waals surface area contributed by atoms with Crippen LogP contribution in [0.1, 0.15) is 17.7 Å². The number of aryl methyl sites for hydroxylation is 2. The molecule has 0 unspecified atom stereocenters. The standard InChI is InChI=1S/C14H14FNO2/c1-9-3-5-11-7-10(4-6-13(17)18-2)8-12(15)14(11)16-9/h3,5,7-8H,4,6H2,1-2H3. The van der Waals surface area contributed by atoms with Gasteiger partial charge >= 0.3 is 5.97 Å². The molecule has 0 radical (unpaired) electrons. The number of rotatable bonds is 3. The Balaban J connectivity index is 2.31. The van der Waals surface area contributed by atoms with Crippen LogP contribution in [0.4, 0.5) is 4.39 Å². The summed E-state index contributed by atoms with van der Waals surface area (Å²) in [6.07, 6.45) is 0.716. The summed E-state index contributed by atoms with van der Waals surface area (Å²) >= 11 is 0. The molecule has 0 fully saturated rings.